The predicted octanol–water partition coefficient (Wildman–Crippen LogP) is 2.30. The van der Waals surface area contributed by atoms with Crippen molar-refractivity contribution in [1.82, 2.24) is 14.6 Å². The van der Waals surface area contributed by atoms with Crippen molar-refractivity contribution in [2.75, 3.05) is 0 Å². The molecular weight excluding hydrogens is 236 g/mol. The SMILES string of the molecule is CC(C)(C)c1cc[n+](-c2cnc3ccnn3c2)cc1. The van der Waals surface area contributed by atoms with Crippen LogP contribution in [-0.2, 0) is 5.41 Å². The van der Waals surface area contributed by atoms with Gasteiger partial charge in [-0.1, -0.05) is 20.8 Å². The van der Waals surface area contributed by atoms with E-state index in [0.29, 0.717) is 0 Å². The molecule has 0 aromatic carbocycles. The quantitative estimate of drug-likeness (QED) is 0.624. The van der Waals surface area contributed by atoms with E-state index in [1.807, 2.05) is 23.0 Å². The molecular formula is C15H17N4+. The molecule has 0 aliphatic heterocycles. The second-order valence-electron chi connectivity index (χ2n) is 5.69. The van der Waals surface area contributed by atoms with Crippen LogP contribution in [0.4, 0.5) is 0 Å². The lowest BCUT2D eigenvalue weighted by molar-refractivity contribution is -0.596. The van der Waals surface area contributed by atoms with E-state index in [1.54, 1.807) is 10.7 Å². The van der Waals surface area contributed by atoms with Crippen LogP contribution in [0, 0.1) is 0 Å². The fourth-order valence-electron chi connectivity index (χ4n) is 2.03. The molecule has 3 rings (SSSR count). The average molecular weight is 253 g/mol. The Balaban J connectivity index is 2.01. The molecule has 0 aliphatic rings. The number of hydrogen-bond acceptors (Lipinski definition) is 2. The third-order valence-electron chi connectivity index (χ3n) is 3.23. The van der Waals surface area contributed by atoms with Crippen LogP contribution in [0.2, 0.25) is 0 Å². The molecule has 0 amide bonds. The molecule has 96 valence electrons. The Morgan fingerprint density at radius 1 is 1.11 bits per heavy atom. The molecule has 0 atom stereocenters. The Hall–Kier alpha value is -2.23. The zero-order valence-electron chi connectivity index (χ0n) is 11.4. The first-order valence-electron chi connectivity index (χ1n) is 6.36. The maximum atomic E-state index is 4.37. The lowest BCUT2D eigenvalue weighted by Gasteiger charge is -2.17. The summed E-state index contributed by atoms with van der Waals surface area (Å²) in [6.07, 6.45) is 9.70. The molecule has 0 saturated heterocycles. The molecule has 0 unspecified atom stereocenters. The largest absolute Gasteiger partial charge is 0.247 e. The van der Waals surface area contributed by atoms with E-state index < -0.39 is 0 Å². The third kappa shape index (κ3) is 2.21. The molecule has 0 N–H and O–H groups in total. The Kier molecular flexibility index (Phi) is 2.59. The molecule has 3 aromatic rings. The molecule has 4 heteroatoms. The van der Waals surface area contributed by atoms with E-state index in [1.165, 1.54) is 5.56 Å². The van der Waals surface area contributed by atoms with Gasteiger partial charge in [-0.2, -0.15) is 9.67 Å². The van der Waals surface area contributed by atoms with E-state index in [4.69, 9.17) is 0 Å². The van der Waals surface area contributed by atoms with Gasteiger partial charge in [0.25, 0.3) is 0 Å². The standard InChI is InChI=1S/C15H17N4/c1-15(2,3)12-5-8-18(9-6-12)13-10-16-14-4-7-17-19(14)11-13/h4-11H,1-3H3/q+1. The van der Waals surface area contributed by atoms with Crippen LogP contribution in [0.15, 0.2) is 49.2 Å². The summed E-state index contributed by atoms with van der Waals surface area (Å²) in [7, 11) is 0. The van der Waals surface area contributed by atoms with E-state index in [9.17, 15) is 0 Å². The summed E-state index contributed by atoms with van der Waals surface area (Å²) in [5.41, 5.74) is 3.34. The molecule has 3 heterocycles. The van der Waals surface area contributed by atoms with Crippen molar-refractivity contribution in [3.05, 3.63) is 54.7 Å². The van der Waals surface area contributed by atoms with Crippen LogP contribution in [0.3, 0.4) is 0 Å². The molecule has 19 heavy (non-hydrogen) atoms. The van der Waals surface area contributed by atoms with Gasteiger partial charge in [-0.05, 0) is 11.0 Å². The van der Waals surface area contributed by atoms with Crippen molar-refractivity contribution < 1.29 is 4.57 Å². The van der Waals surface area contributed by atoms with Gasteiger partial charge in [-0.3, -0.25) is 0 Å². The molecule has 0 bridgehead atoms. The molecule has 3 aromatic heterocycles. The monoisotopic (exact) mass is 253 g/mol. The lowest BCUT2D eigenvalue weighted by atomic mass is 9.88. The molecule has 0 fully saturated rings. The van der Waals surface area contributed by atoms with Gasteiger partial charge >= 0.3 is 0 Å². The number of nitrogens with zero attached hydrogens (tertiary/aromatic N) is 4. The first-order chi connectivity index (χ1) is 9.04. The highest BCUT2D eigenvalue weighted by atomic mass is 15.2. The maximum Gasteiger partial charge on any atom is 0.247 e. The zero-order chi connectivity index (χ0) is 13.5. The normalized spacial score (nSPS) is 11.9. The van der Waals surface area contributed by atoms with Crippen LogP contribution >= 0.6 is 0 Å². The van der Waals surface area contributed by atoms with Crippen LogP contribution in [-0.4, -0.2) is 14.6 Å². The highest BCUT2D eigenvalue weighted by Gasteiger charge is 2.16. The van der Waals surface area contributed by atoms with Crippen LogP contribution in [0.5, 0.6) is 0 Å². The summed E-state index contributed by atoms with van der Waals surface area (Å²) >= 11 is 0. The van der Waals surface area contributed by atoms with Crippen molar-refractivity contribution in [3.8, 4) is 5.69 Å². The van der Waals surface area contributed by atoms with Crippen LogP contribution in [0.25, 0.3) is 11.3 Å². The Morgan fingerprint density at radius 2 is 1.84 bits per heavy atom. The van der Waals surface area contributed by atoms with Crippen LogP contribution < -0.4 is 4.57 Å². The fourth-order valence-corrected chi connectivity index (χ4v) is 2.03. The van der Waals surface area contributed by atoms with Crippen molar-refractivity contribution in [2.24, 2.45) is 0 Å². The molecule has 0 radical (unpaired) electrons. The van der Waals surface area contributed by atoms with Crippen LogP contribution in [0.1, 0.15) is 26.3 Å². The summed E-state index contributed by atoms with van der Waals surface area (Å²) in [5.74, 6) is 0. The lowest BCUT2D eigenvalue weighted by Crippen LogP contribution is -2.31. The van der Waals surface area contributed by atoms with Crippen molar-refractivity contribution in [2.45, 2.75) is 26.2 Å². The Morgan fingerprint density at radius 3 is 2.53 bits per heavy atom. The highest BCUT2D eigenvalue weighted by molar-refractivity contribution is 5.37. The van der Waals surface area contributed by atoms with Crippen molar-refractivity contribution >= 4 is 5.65 Å². The van der Waals surface area contributed by atoms with E-state index in [2.05, 4.69) is 55.4 Å². The second-order valence-corrected chi connectivity index (χ2v) is 5.69. The van der Waals surface area contributed by atoms with Gasteiger partial charge in [-0.25, -0.2) is 9.50 Å². The van der Waals surface area contributed by atoms with E-state index >= 15 is 0 Å². The summed E-state index contributed by atoms with van der Waals surface area (Å²) in [5, 5.41) is 4.20. The smallest absolute Gasteiger partial charge is 0.230 e. The van der Waals surface area contributed by atoms with Gasteiger partial charge in [0.15, 0.2) is 18.0 Å². The van der Waals surface area contributed by atoms with Gasteiger partial charge in [0.05, 0.1) is 6.20 Å². The summed E-state index contributed by atoms with van der Waals surface area (Å²) < 4.78 is 3.82. The fraction of sp³-hybridized carbons (Fsp3) is 0.267. The number of aromatic nitrogens is 4. The van der Waals surface area contributed by atoms with Gasteiger partial charge in [0, 0.05) is 18.2 Å². The van der Waals surface area contributed by atoms with Gasteiger partial charge < -0.3 is 0 Å². The Bertz CT molecular complexity index is 705. The van der Waals surface area contributed by atoms with Gasteiger partial charge in [0.1, 0.15) is 12.4 Å². The molecule has 0 spiro atoms. The molecule has 0 aliphatic carbocycles. The van der Waals surface area contributed by atoms with Gasteiger partial charge in [0.2, 0.25) is 5.69 Å². The van der Waals surface area contributed by atoms with Crippen molar-refractivity contribution in [1.29, 1.82) is 0 Å². The number of hydrogen-bond donors (Lipinski definition) is 0. The minimum atomic E-state index is 0.170. The number of rotatable bonds is 1. The van der Waals surface area contributed by atoms with E-state index in [0.717, 1.165) is 11.3 Å². The maximum absolute atomic E-state index is 4.37. The zero-order valence-corrected chi connectivity index (χ0v) is 11.4. The molecule has 4 nitrogen and oxygen atoms in total. The molecule has 0 saturated carbocycles. The first-order valence-corrected chi connectivity index (χ1v) is 6.36. The third-order valence-corrected chi connectivity index (χ3v) is 3.23. The predicted molar refractivity (Wildman–Crippen MR) is 73.2 cm³/mol. The number of pyridine rings is 1. The highest BCUT2D eigenvalue weighted by Crippen LogP contribution is 2.20. The van der Waals surface area contributed by atoms with E-state index in [-0.39, 0.29) is 5.41 Å². The summed E-state index contributed by atoms with van der Waals surface area (Å²) in [4.78, 5) is 4.37. The van der Waals surface area contributed by atoms with Gasteiger partial charge in [-0.15, -0.1) is 0 Å². The average Bonchev–Trinajstić information content (AvgIpc) is 2.85. The minimum Gasteiger partial charge on any atom is -0.230 e. The second kappa shape index (κ2) is 4.16. The number of fused-ring (bicyclic) bond motifs is 1. The minimum absolute atomic E-state index is 0.170. The Labute approximate surface area is 112 Å². The first kappa shape index (κ1) is 11.8. The topological polar surface area (TPSA) is 34.1 Å². The summed E-state index contributed by atoms with van der Waals surface area (Å²) in [6, 6.07) is 6.18. The van der Waals surface area contributed by atoms with Crippen molar-refractivity contribution in [3.63, 3.8) is 0 Å². The summed E-state index contributed by atoms with van der Waals surface area (Å²) in [6.45, 7) is 6.64.